The van der Waals surface area contributed by atoms with Gasteiger partial charge in [-0.05, 0) is 62.1 Å². The van der Waals surface area contributed by atoms with E-state index in [4.69, 9.17) is 10.2 Å². The topological polar surface area (TPSA) is 181 Å². The van der Waals surface area contributed by atoms with Crippen molar-refractivity contribution in [3.63, 3.8) is 0 Å². The van der Waals surface area contributed by atoms with E-state index in [0.717, 1.165) is 32.3 Å². The maximum absolute atomic E-state index is 11.3. The summed E-state index contributed by atoms with van der Waals surface area (Å²) in [6, 6.07) is 29.9. The molecule has 0 amide bonds. The molecule has 43 heavy (non-hydrogen) atoms. The van der Waals surface area contributed by atoms with Crippen LogP contribution in [0.15, 0.2) is 109 Å². The molecule has 0 aliphatic heterocycles. The van der Waals surface area contributed by atoms with E-state index in [1.54, 1.807) is 48.5 Å². The van der Waals surface area contributed by atoms with Crippen molar-refractivity contribution in [2.75, 3.05) is 0 Å². The van der Waals surface area contributed by atoms with Gasteiger partial charge >= 0.3 is 29.3 Å². The third kappa shape index (κ3) is 7.60. The molecule has 0 saturated heterocycles. The van der Waals surface area contributed by atoms with Crippen LogP contribution in [0.25, 0.3) is 32.3 Å². The van der Waals surface area contributed by atoms with Crippen molar-refractivity contribution in [1.82, 2.24) is 0 Å². The average Bonchev–Trinajstić information content (AvgIpc) is 2.96. The molecule has 3 N–H and O–H groups in total. The first-order valence-electron chi connectivity index (χ1n) is 12.3. The zero-order valence-corrected chi connectivity index (χ0v) is 23.4. The first kappa shape index (κ1) is 32.0. The Bertz CT molecular complexity index is 1740. The van der Waals surface area contributed by atoms with E-state index in [0.29, 0.717) is 0 Å². The summed E-state index contributed by atoms with van der Waals surface area (Å²) in [5.41, 5.74) is -0.531. The third-order valence-electron chi connectivity index (χ3n) is 6.24. The normalized spacial score (nSPS) is 10.0. The Kier molecular flexibility index (Phi) is 10.3. The summed E-state index contributed by atoms with van der Waals surface area (Å²) in [7, 11) is 0. The molecule has 0 saturated carbocycles. The van der Waals surface area contributed by atoms with Crippen molar-refractivity contribution in [2.24, 2.45) is 0 Å². The molecule has 6 aromatic rings. The van der Waals surface area contributed by atoms with E-state index in [9.17, 15) is 34.8 Å². The first-order chi connectivity index (χ1) is 20.0. The molecule has 6 aromatic carbocycles. The van der Waals surface area contributed by atoms with Crippen LogP contribution in [-0.4, -0.2) is 50.6 Å². The van der Waals surface area contributed by atoms with Crippen LogP contribution in [0, 0.1) is 0 Å². The molecule has 0 unspecified atom stereocenters. The van der Waals surface area contributed by atoms with Gasteiger partial charge in [-0.2, -0.15) is 0 Å². The number of rotatable bonds is 3. The largest absolute Gasteiger partial charge is 3.00 e. The number of hydrogen-bond acceptors (Lipinski definition) is 7. The zero-order valence-electron chi connectivity index (χ0n) is 22.3. The Morgan fingerprint density at radius 1 is 0.488 bits per heavy atom. The minimum Gasteiger partial charge on any atom is -0.872 e. The van der Waals surface area contributed by atoms with Gasteiger partial charge in [0.2, 0.25) is 0 Å². The fourth-order valence-corrected chi connectivity index (χ4v) is 4.17. The van der Waals surface area contributed by atoms with Gasteiger partial charge in [0.1, 0.15) is 11.3 Å². The number of aromatic hydroxyl groups is 1. The Morgan fingerprint density at radius 3 is 1.16 bits per heavy atom. The van der Waals surface area contributed by atoms with Crippen LogP contribution < -0.4 is 15.3 Å². The third-order valence-corrected chi connectivity index (χ3v) is 6.24. The predicted molar refractivity (Wildman–Crippen MR) is 156 cm³/mol. The van der Waals surface area contributed by atoms with Crippen LogP contribution in [0.5, 0.6) is 17.2 Å². The van der Waals surface area contributed by atoms with Gasteiger partial charge < -0.3 is 35.4 Å². The van der Waals surface area contributed by atoms with Crippen molar-refractivity contribution >= 4 is 67.6 Å². The number of carboxylic acid groups (broad SMARTS) is 3. The van der Waals surface area contributed by atoms with Crippen LogP contribution in [-0.2, 0) is 0 Å². The summed E-state index contributed by atoms with van der Waals surface area (Å²) in [4.78, 5) is 31.9. The smallest absolute Gasteiger partial charge is 0.872 e. The second kappa shape index (κ2) is 13.9. The molecule has 0 bridgehead atoms. The van der Waals surface area contributed by atoms with E-state index in [2.05, 4.69) is 0 Å². The Labute approximate surface area is 255 Å². The number of carbonyl (C=O) groups is 3. The van der Waals surface area contributed by atoms with Crippen LogP contribution in [0.2, 0.25) is 0 Å². The number of aromatic carboxylic acids is 3. The van der Waals surface area contributed by atoms with Gasteiger partial charge in [-0.25, -0.2) is 9.59 Å². The first-order valence-corrected chi connectivity index (χ1v) is 12.3. The number of fused-ring (bicyclic) bond motifs is 3. The average molecular weight is 589 g/mol. The fraction of sp³-hybridized carbons (Fsp3) is 0. The summed E-state index contributed by atoms with van der Waals surface area (Å²) in [6.45, 7) is 0. The number of phenols is 1. The molecule has 0 heterocycles. The summed E-state index contributed by atoms with van der Waals surface area (Å²) in [5.74, 6) is -4.88. The molecule has 6 rings (SSSR count). The molecule has 10 heteroatoms. The molecular weight excluding hydrogens is 567 g/mol. The van der Waals surface area contributed by atoms with Gasteiger partial charge in [-0.15, -0.1) is 0 Å². The quantitative estimate of drug-likeness (QED) is 0.259. The molecule has 0 fully saturated rings. The molecule has 9 nitrogen and oxygen atoms in total. The van der Waals surface area contributed by atoms with Crippen molar-refractivity contribution in [3.8, 4) is 17.2 Å². The van der Waals surface area contributed by atoms with Gasteiger partial charge in [0.25, 0.3) is 0 Å². The van der Waals surface area contributed by atoms with Crippen molar-refractivity contribution in [3.05, 3.63) is 126 Å². The number of carbonyl (C=O) groups excluding carboxylic acids is 1. The Morgan fingerprint density at radius 2 is 0.791 bits per heavy atom. The van der Waals surface area contributed by atoms with Gasteiger partial charge in [-0.3, -0.25) is 0 Å². The van der Waals surface area contributed by atoms with Crippen molar-refractivity contribution in [2.45, 2.75) is 0 Å². The van der Waals surface area contributed by atoms with Gasteiger partial charge in [-0.1, -0.05) is 96.4 Å². The molecule has 0 atom stereocenters. The fourth-order valence-electron chi connectivity index (χ4n) is 4.17. The predicted octanol–water partition coefficient (Wildman–Crippen LogP) is 3.75. The summed E-state index contributed by atoms with van der Waals surface area (Å²) < 4.78 is 0. The van der Waals surface area contributed by atoms with E-state index in [1.807, 2.05) is 24.3 Å². The summed E-state index contributed by atoms with van der Waals surface area (Å²) >= 11 is 0. The molecule has 0 radical (unpaired) electrons. The molecular formula is C33H21AlO9. The minimum atomic E-state index is -1.43. The van der Waals surface area contributed by atoms with Crippen LogP contribution >= 0.6 is 0 Å². The van der Waals surface area contributed by atoms with Crippen molar-refractivity contribution < 1.29 is 45.0 Å². The Balaban J connectivity index is 0.000000175. The van der Waals surface area contributed by atoms with Gasteiger partial charge in [0.05, 0.1) is 11.5 Å². The number of benzene rings is 6. The van der Waals surface area contributed by atoms with E-state index < -0.39 is 29.4 Å². The maximum Gasteiger partial charge on any atom is 3.00 e. The minimum absolute atomic E-state index is 0. The van der Waals surface area contributed by atoms with Gasteiger partial charge in [0.15, 0.2) is 0 Å². The van der Waals surface area contributed by atoms with Crippen LogP contribution in [0.4, 0.5) is 0 Å². The molecule has 0 aromatic heterocycles. The molecule has 0 spiro atoms. The second-order valence-electron chi connectivity index (χ2n) is 9.01. The number of hydrogen-bond donors (Lipinski definition) is 3. The summed E-state index contributed by atoms with van der Waals surface area (Å²) in [6.07, 6.45) is 0. The SMILES string of the molecule is O=C(O)c1cc2ccccc2cc1O.O=C(O)c1cc2ccccc2cc1[O-].O=C([O-])c1cc2ccccc2cc1[O-].[Al+3]. The summed E-state index contributed by atoms with van der Waals surface area (Å²) in [5, 5.41) is 64.6. The molecule has 0 aliphatic carbocycles. The van der Waals surface area contributed by atoms with E-state index in [1.165, 1.54) is 36.4 Å². The maximum atomic E-state index is 11.3. The second-order valence-corrected chi connectivity index (χ2v) is 9.01. The molecule has 210 valence electrons. The molecule has 0 aliphatic rings. The monoisotopic (exact) mass is 588 g/mol. The van der Waals surface area contributed by atoms with Gasteiger partial charge in [0, 0.05) is 0 Å². The number of carboxylic acids is 3. The van der Waals surface area contributed by atoms with Crippen LogP contribution in [0.3, 0.4) is 0 Å². The van der Waals surface area contributed by atoms with Crippen molar-refractivity contribution in [1.29, 1.82) is 0 Å². The zero-order chi connectivity index (χ0) is 30.4. The van der Waals surface area contributed by atoms with E-state index >= 15 is 0 Å². The van der Waals surface area contributed by atoms with Crippen LogP contribution in [0.1, 0.15) is 31.1 Å². The van der Waals surface area contributed by atoms with E-state index in [-0.39, 0.29) is 39.8 Å². The Hall–Kier alpha value is -5.56. The standard InChI is InChI=1S/3C11H8O3.Al/c3*12-10-6-8-4-2-1-3-7(8)5-9(10)11(13)14;/h3*1-6,12H,(H,13,14);/q;;;+3/p-3.